The van der Waals surface area contributed by atoms with Crippen molar-refractivity contribution < 1.29 is 0 Å². The van der Waals surface area contributed by atoms with E-state index >= 15 is 0 Å². The lowest BCUT2D eigenvalue weighted by Crippen LogP contribution is -2.03. The molecule has 0 bridgehead atoms. The molecule has 0 aliphatic carbocycles. The van der Waals surface area contributed by atoms with E-state index in [1.807, 2.05) is 12.4 Å². The molecular formula is C85H54N6. The number of nitriles is 1. The second-order valence-corrected chi connectivity index (χ2v) is 23.8. The van der Waals surface area contributed by atoms with Crippen LogP contribution in [0.2, 0.25) is 0 Å². The van der Waals surface area contributed by atoms with Crippen LogP contribution in [0.25, 0.3) is 166 Å². The van der Waals surface area contributed by atoms with E-state index < -0.39 is 0 Å². The molecule has 5 aromatic heterocycles. The van der Waals surface area contributed by atoms with Crippen molar-refractivity contribution in [3.05, 3.63) is 321 Å². The SMILES string of the molecule is Cc1ccc2c(c1)c1ccccc1n2-c1ccc(-c2c(-c3ccncc3)c(C#N)c(-c3ccc(-n4c5ccccc5c5ccccc54)cc3)c(-c3ccc(-n4c5ccccc5c5ccccc54)cc3)c2-c2ccc(-n3c4ccccc4c4ccccc43)cc2)cc1. The molecule has 0 aliphatic heterocycles. The largest absolute Gasteiger partial charge is 0.309 e. The van der Waals surface area contributed by atoms with Crippen molar-refractivity contribution in [1.82, 2.24) is 23.3 Å². The molecule has 0 radical (unpaired) electrons. The minimum atomic E-state index is 0.569. The molecule has 0 saturated heterocycles. The second kappa shape index (κ2) is 20.7. The number of nitrogens with zero attached hydrogens (tertiary/aromatic N) is 6. The first kappa shape index (κ1) is 51.9. The molecule has 0 spiro atoms. The van der Waals surface area contributed by atoms with E-state index in [1.165, 1.54) is 48.7 Å². The van der Waals surface area contributed by atoms with Gasteiger partial charge in [0, 0.05) is 89.4 Å². The minimum Gasteiger partial charge on any atom is -0.309 e. The Morgan fingerprint density at radius 3 is 0.791 bits per heavy atom. The minimum absolute atomic E-state index is 0.569. The Labute approximate surface area is 524 Å². The maximum absolute atomic E-state index is 12.4. The highest BCUT2D eigenvalue weighted by Crippen LogP contribution is 2.54. The average molecular weight is 1160 g/mol. The van der Waals surface area contributed by atoms with Crippen LogP contribution in [0, 0.1) is 18.3 Å². The van der Waals surface area contributed by atoms with Crippen LogP contribution in [-0.2, 0) is 0 Å². The van der Waals surface area contributed by atoms with Crippen molar-refractivity contribution in [2.45, 2.75) is 6.92 Å². The lowest BCUT2D eigenvalue weighted by molar-refractivity contribution is 1.18. The Morgan fingerprint density at radius 1 is 0.253 bits per heavy atom. The summed E-state index contributed by atoms with van der Waals surface area (Å²) in [5, 5.41) is 22.0. The van der Waals surface area contributed by atoms with Gasteiger partial charge in [0.05, 0.1) is 49.7 Å². The quantitative estimate of drug-likeness (QED) is 0.145. The number of pyridine rings is 1. The normalized spacial score (nSPS) is 11.8. The van der Waals surface area contributed by atoms with Gasteiger partial charge in [-0.3, -0.25) is 4.98 Å². The number of aryl methyl sites for hydroxylation is 1. The third-order valence-corrected chi connectivity index (χ3v) is 18.8. The zero-order valence-corrected chi connectivity index (χ0v) is 49.6. The smallest absolute Gasteiger partial charge is 0.100 e. The summed E-state index contributed by atoms with van der Waals surface area (Å²) in [6.07, 6.45) is 3.68. The zero-order chi connectivity index (χ0) is 60.3. The van der Waals surface area contributed by atoms with Crippen molar-refractivity contribution in [3.63, 3.8) is 0 Å². The fraction of sp³-hybridized carbons (Fsp3) is 0.0118. The van der Waals surface area contributed by atoms with Crippen molar-refractivity contribution in [1.29, 1.82) is 5.26 Å². The molecule has 18 rings (SSSR count). The Morgan fingerprint density at radius 2 is 0.495 bits per heavy atom. The van der Waals surface area contributed by atoms with Crippen molar-refractivity contribution >= 4 is 87.2 Å². The fourth-order valence-electron chi connectivity index (χ4n) is 14.9. The van der Waals surface area contributed by atoms with Crippen molar-refractivity contribution in [2.24, 2.45) is 0 Å². The van der Waals surface area contributed by atoms with E-state index in [9.17, 15) is 5.26 Å². The first-order valence-electron chi connectivity index (χ1n) is 31.0. The Kier molecular flexibility index (Phi) is 11.8. The summed E-state index contributed by atoms with van der Waals surface area (Å²) in [5.41, 5.74) is 24.4. The molecule has 424 valence electrons. The number of para-hydroxylation sites is 7. The fourth-order valence-corrected chi connectivity index (χ4v) is 14.9. The van der Waals surface area contributed by atoms with Gasteiger partial charge in [-0.15, -0.1) is 0 Å². The van der Waals surface area contributed by atoms with Gasteiger partial charge in [-0.25, -0.2) is 0 Å². The second-order valence-electron chi connectivity index (χ2n) is 23.8. The first-order valence-corrected chi connectivity index (χ1v) is 31.0. The summed E-state index contributed by atoms with van der Waals surface area (Å²) in [6, 6.07) is 110. The van der Waals surface area contributed by atoms with Gasteiger partial charge in [0.25, 0.3) is 0 Å². The molecule has 5 heterocycles. The molecular weight excluding hydrogens is 1100 g/mol. The van der Waals surface area contributed by atoms with Crippen LogP contribution in [0.3, 0.4) is 0 Å². The Bertz CT molecular complexity index is 5830. The molecule has 0 aliphatic rings. The lowest BCUT2D eigenvalue weighted by Gasteiger charge is -2.26. The number of rotatable bonds is 9. The van der Waals surface area contributed by atoms with Crippen molar-refractivity contribution in [2.75, 3.05) is 0 Å². The zero-order valence-electron chi connectivity index (χ0n) is 49.6. The molecule has 0 atom stereocenters. The Balaban J connectivity index is 0.937. The van der Waals surface area contributed by atoms with E-state index in [4.69, 9.17) is 0 Å². The first-order chi connectivity index (χ1) is 45.1. The lowest BCUT2D eigenvalue weighted by atomic mass is 9.76. The molecule has 0 saturated carbocycles. The van der Waals surface area contributed by atoms with Gasteiger partial charge in [0.15, 0.2) is 0 Å². The molecule has 0 N–H and O–H groups in total. The Hall–Kier alpha value is -12.3. The molecule has 18 aromatic rings. The van der Waals surface area contributed by atoms with Crippen molar-refractivity contribution in [3.8, 4) is 84.5 Å². The van der Waals surface area contributed by atoms with E-state index in [0.717, 1.165) is 123 Å². The summed E-state index contributed by atoms with van der Waals surface area (Å²) in [6.45, 7) is 2.16. The monoisotopic (exact) mass is 1160 g/mol. The van der Waals surface area contributed by atoms with Gasteiger partial charge in [-0.1, -0.05) is 188 Å². The van der Waals surface area contributed by atoms with Crippen LogP contribution in [-0.4, -0.2) is 23.3 Å². The number of hydrogen-bond acceptors (Lipinski definition) is 2. The highest BCUT2D eigenvalue weighted by molar-refractivity contribution is 6.15. The standard InChI is InChI=1S/C85H54N6/c1-54-30-47-80-71(52-54)70-22-8-15-29-79(70)91(80)63-43-35-57(36-44-63)84-82(59-48-50-87-51-49-59)72(53-86)81(55-31-39-60(40-32-55)88-73-23-9-2-16-64(73)65-17-3-10-24-74(65)88)83(56-33-41-61(42-34-56)89-75-25-11-4-18-66(75)67-19-5-12-26-76(67)89)85(84)58-37-45-62(46-38-58)90-77-27-13-6-20-68(77)69-21-7-14-28-78(69)90/h2-52H,1H3. The summed E-state index contributed by atoms with van der Waals surface area (Å²) >= 11 is 0. The van der Waals surface area contributed by atoms with Crippen LogP contribution in [0.1, 0.15) is 11.1 Å². The summed E-state index contributed by atoms with van der Waals surface area (Å²) in [4.78, 5) is 4.58. The number of benzene rings is 13. The van der Waals surface area contributed by atoms with Crippen LogP contribution in [0.5, 0.6) is 0 Å². The average Bonchev–Trinajstić information content (AvgIpc) is 1.70. The van der Waals surface area contributed by atoms with Gasteiger partial charge in [0.2, 0.25) is 0 Å². The molecule has 0 unspecified atom stereocenters. The maximum Gasteiger partial charge on any atom is 0.100 e. The van der Waals surface area contributed by atoms with Gasteiger partial charge < -0.3 is 18.3 Å². The van der Waals surface area contributed by atoms with E-state index in [1.54, 1.807) is 0 Å². The third-order valence-electron chi connectivity index (χ3n) is 18.8. The third kappa shape index (κ3) is 8.01. The number of hydrogen-bond donors (Lipinski definition) is 0. The van der Waals surface area contributed by atoms with E-state index in [2.05, 4.69) is 333 Å². The topological polar surface area (TPSA) is 56.4 Å². The van der Waals surface area contributed by atoms with E-state index in [0.29, 0.717) is 5.56 Å². The summed E-state index contributed by atoms with van der Waals surface area (Å²) in [7, 11) is 0. The summed E-state index contributed by atoms with van der Waals surface area (Å²) < 4.78 is 9.48. The molecule has 6 nitrogen and oxygen atoms in total. The van der Waals surface area contributed by atoms with Crippen LogP contribution in [0.15, 0.2) is 310 Å². The van der Waals surface area contributed by atoms with Gasteiger partial charge in [-0.2, -0.15) is 5.26 Å². The molecule has 13 aromatic carbocycles. The number of fused-ring (bicyclic) bond motifs is 12. The van der Waals surface area contributed by atoms with Gasteiger partial charge >= 0.3 is 0 Å². The van der Waals surface area contributed by atoms with E-state index in [-0.39, 0.29) is 0 Å². The van der Waals surface area contributed by atoms with Gasteiger partial charge in [-0.05, 0) is 167 Å². The number of aromatic nitrogens is 5. The van der Waals surface area contributed by atoms with Crippen LogP contribution < -0.4 is 0 Å². The van der Waals surface area contributed by atoms with Crippen LogP contribution >= 0.6 is 0 Å². The van der Waals surface area contributed by atoms with Crippen LogP contribution in [0.4, 0.5) is 0 Å². The molecule has 6 heteroatoms. The molecule has 91 heavy (non-hydrogen) atoms. The maximum atomic E-state index is 12.4. The highest BCUT2D eigenvalue weighted by atomic mass is 15.0. The summed E-state index contributed by atoms with van der Waals surface area (Å²) in [5.74, 6) is 0. The predicted molar refractivity (Wildman–Crippen MR) is 378 cm³/mol. The molecule has 0 amide bonds. The highest BCUT2D eigenvalue weighted by Gasteiger charge is 2.30. The van der Waals surface area contributed by atoms with Gasteiger partial charge in [0.1, 0.15) is 6.07 Å². The molecule has 0 fully saturated rings. The predicted octanol–water partition coefficient (Wildman–Crippen LogP) is 22.0.